The highest BCUT2D eigenvalue weighted by molar-refractivity contribution is 6.03. The molecule has 1 aliphatic rings. The van der Waals surface area contributed by atoms with Gasteiger partial charge in [0.05, 0.1) is 0 Å². The van der Waals surface area contributed by atoms with E-state index in [4.69, 9.17) is 0 Å². The standard InChI is InChI=1S/C16H18O8/c1-3-15(11(17)18,12(19)20)9-7-5-6-8-10(9)16(4-2,13(21)22)14(23)24/h3-6,9-10H,1-2,7-8H2,(H,17,18)(H,19,20)(H,21,22)(H,23,24). The van der Waals surface area contributed by atoms with Gasteiger partial charge in [0, 0.05) is 0 Å². The van der Waals surface area contributed by atoms with Crippen molar-refractivity contribution in [2.75, 3.05) is 0 Å². The van der Waals surface area contributed by atoms with Crippen LogP contribution in [0.5, 0.6) is 0 Å². The van der Waals surface area contributed by atoms with Gasteiger partial charge in [0.25, 0.3) is 0 Å². The molecule has 0 saturated carbocycles. The van der Waals surface area contributed by atoms with Gasteiger partial charge in [0.1, 0.15) is 0 Å². The molecule has 0 amide bonds. The summed E-state index contributed by atoms with van der Waals surface area (Å²) in [6.07, 6.45) is 4.20. The van der Waals surface area contributed by atoms with Crippen LogP contribution in [0.2, 0.25) is 0 Å². The van der Waals surface area contributed by atoms with Crippen molar-refractivity contribution in [2.45, 2.75) is 12.8 Å². The molecule has 1 aliphatic carbocycles. The molecule has 0 bridgehead atoms. The summed E-state index contributed by atoms with van der Waals surface area (Å²) in [5.41, 5.74) is -5.04. The molecule has 8 heteroatoms. The number of aliphatic carboxylic acids is 4. The van der Waals surface area contributed by atoms with Gasteiger partial charge in [-0.15, -0.1) is 13.2 Å². The number of carboxylic acids is 4. The second kappa shape index (κ2) is 6.69. The maximum atomic E-state index is 11.7. The summed E-state index contributed by atoms with van der Waals surface area (Å²) in [6.45, 7) is 6.55. The van der Waals surface area contributed by atoms with E-state index in [-0.39, 0.29) is 12.8 Å². The van der Waals surface area contributed by atoms with Crippen LogP contribution >= 0.6 is 0 Å². The van der Waals surface area contributed by atoms with Crippen LogP contribution in [0.15, 0.2) is 37.5 Å². The van der Waals surface area contributed by atoms with E-state index < -0.39 is 46.5 Å². The zero-order valence-electron chi connectivity index (χ0n) is 12.7. The third kappa shape index (κ3) is 2.49. The van der Waals surface area contributed by atoms with Crippen LogP contribution < -0.4 is 0 Å². The number of hydrogen-bond donors (Lipinski definition) is 4. The summed E-state index contributed by atoms with van der Waals surface area (Å²) in [6, 6.07) is 0. The lowest BCUT2D eigenvalue weighted by Crippen LogP contribution is -2.55. The number of allylic oxidation sites excluding steroid dienone is 2. The van der Waals surface area contributed by atoms with Gasteiger partial charge in [-0.2, -0.15) is 0 Å². The van der Waals surface area contributed by atoms with E-state index in [0.717, 1.165) is 0 Å². The molecule has 0 radical (unpaired) electrons. The van der Waals surface area contributed by atoms with Crippen molar-refractivity contribution in [2.24, 2.45) is 22.7 Å². The van der Waals surface area contributed by atoms with Gasteiger partial charge in [0.2, 0.25) is 0 Å². The van der Waals surface area contributed by atoms with E-state index >= 15 is 0 Å². The predicted octanol–water partition coefficient (Wildman–Crippen LogP) is 1.25. The lowest BCUT2D eigenvalue weighted by atomic mass is 9.57. The van der Waals surface area contributed by atoms with E-state index in [9.17, 15) is 39.6 Å². The van der Waals surface area contributed by atoms with Crippen molar-refractivity contribution in [3.05, 3.63) is 37.5 Å². The minimum absolute atomic E-state index is 0.120. The van der Waals surface area contributed by atoms with Crippen LogP contribution in [0.3, 0.4) is 0 Å². The molecule has 24 heavy (non-hydrogen) atoms. The summed E-state index contributed by atoms with van der Waals surface area (Å²) in [5.74, 6) is -9.60. The summed E-state index contributed by atoms with van der Waals surface area (Å²) >= 11 is 0. The molecule has 0 spiro atoms. The van der Waals surface area contributed by atoms with Crippen molar-refractivity contribution in [3.8, 4) is 0 Å². The van der Waals surface area contributed by atoms with Crippen molar-refractivity contribution >= 4 is 23.9 Å². The fourth-order valence-electron chi connectivity index (χ4n) is 3.29. The fraction of sp³-hybridized carbons (Fsp3) is 0.375. The molecular weight excluding hydrogens is 320 g/mol. The Labute approximate surface area is 137 Å². The van der Waals surface area contributed by atoms with Gasteiger partial charge in [-0.3, -0.25) is 19.2 Å². The first-order chi connectivity index (χ1) is 11.1. The first-order valence-electron chi connectivity index (χ1n) is 6.98. The highest BCUT2D eigenvalue weighted by atomic mass is 16.4. The van der Waals surface area contributed by atoms with E-state index in [1.165, 1.54) is 12.2 Å². The largest absolute Gasteiger partial charge is 0.480 e. The Balaban J connectivity index is 3.70. The number of hydrogen-bond acceptors (Lipinski definition) is 4. The molecule has 1 rings (SSSR count). The molecule has 2 atom stereocenters. The number of rotatable bonds is 8. The molecule has 8 nitrogen and oxygen atoms in total. The SMILES string of the molecule is C=CC(C(=O)O)(C(=O)O)C1CC=CCC1C(C=C)(C(=O)O)C(=O)O. The highest BCUT2D eigenvalue weighted by Gasteiger charge is 2.61. The molecule has 4 N–H and O–H groups in total. The van der Waals surface area contributed by atoms with Gasteiger partial charge >= 0.3 is 23.9 Å². The molecule has 0 aromatic carbocycles. The maximum absolute atomic E-state index is 11.7. The van der Waals surface area contributed by atoms with Crippen LogP contribution in [0.25, 0.3) is 0 Å². The third-order valence-corrected chi connectivity index (χ3v) is 4.66. The Bertz CT molecular complexity index is 548. The molecular formula is C16H18O8. The van der Waals surface area contributed by atoms with Crippen LogP contribution in [0, 0.1) is 22.7 Å². The van der Waals surface area contributed by atoms with Crippen molar-refractivity contribution in [1.82, 2.24) is 0 Å². The zero-order valence-corrected chi connectivity index (χ0v) is 12.7. The molecule has 0 aliphatic heterocycles. The Morgan fingerprint density at radius 2 is 1.00 bits per heavy atom. The second-order valence-electron chi connectivity index (χ2n) is 5.52. The van der Waals surface area contributed by atoms with E-state index in [1.54, 1.807) is 0 Å². The van der Waals surface area contributed by atoms with Gasteiger partial charge < -0.3 is 20.4 Å². The van der Waals surface area contributed by atoms with Crippen LogP contribution in [0.1, 0.15) is 12.8 Å². The lowest BCUT2D eigenvalue weighted by Gasteiger charge is -2.43. The molecule has 0 fully saturated rings. The number of carbonyl (C=O) groups is 4. The fourth-order valence-corrected chi connectivity index (χ4v) is 3.29. The summed E-state index contributed by atoms with van der Waals surface area (Å²) < 4.78 is 0. The average Bonchev–Trinajstić information content (AvgIpc) is 2.49. The predicted molar refractivity (Wildman–Crippen MR) is 81.2 cm³/mol. The average molecular weight is 338 g/mol. The van der Waals surface area contributed by atoms with Gasteiger partial charge in [-0.05, 0) is 24.7 Å². The van der Waals surface area contributed by atoms with Crippen molar-refractivity contribution in [3.63, 3.8) is 0 Å². The second-order valence-corrected chi connectivity index (χ2v) is 5.52. The van der Waals surface area contributed by atoms with Gasteiger partial charge in [-0.25, -0.2) is 0 Å². The van der Waals surface area contributed by atoms with E-state index in [2.05, 4.69) is 13.2 Å². The Kier molecular flexibility index (Phi) is 5.34. The molecule has 130 valence electrons. The minimum Gasteiger partial charge on any atom is -0.480 e. The molecule has 0 heterocycles. The van der Waals surface area contributed by atoms with Crippen LogP contribution in [0.4, 0.5) is 0 Å². The summed E-state index contributed by atoms with van der Waals surface area (Å²) in [5, 5.41) is 37.9. The highest BCUT2D eigenvalue weighted by Crippen LogP contribution is 2.50. The lowest BCUT2D eigenvalue weighted by molar-refractivity contribution is -0.177. The molecule has 2 unspecified atom stereocenters. The Morgan fingerprint density at radius 1 is 0.750 bits per heavy atom. The van der Waals surface area contributed by atoms with Crippen molar-refractivity contribution < 1.29 is 39.6 Å². The first-order valence-corrected chi connectivity index (χ1v) is 6.98. The first kappa shape index (κ1) is 19.1. The number of carboxylic acid groups (broad SMARTS) is 4. The minimum atomic E-state index is -2.52. The van der Waals surface area contributed by atoms with E-state index in [1.807, 2.05) is 0 Å². The third-order valence-electron chi connectivity index (χ3n) is 4.66. The Morgan fingerprint density at radius 3 is 1.17 bits per heavy atom. The topological polar surface area (TPSA) is 149 Å². The molecule has 0 saturated heterocycles. The van der Waals surface area contributed by atoms with Gasteiger partial charge in [-0.1, -0.05) is 24.3 Å². The quantitative estimate of drug-likeness (QED) is 0.381. The zero-order chi connectivity index (χ0) is 18.7. The van der Waals surface area contributed by atoms with Gasteiger partial charge in [0.15, 0.2) is 10.8 Å². The smallest absolute Gasteiger partial charge is 0.325 e. The monoisotopic (exact) mass is 338 g/mol. The van der Waals surface area contributed by atoms with E-state index in [0.29, 0.717) is 12.2 Å². The summed E-state index contributed by atoms with van der Waals surface area (Å²) in [4.78, 5) is 46.8. The van der Waals surface area contributed by atoms with Crippen LogP contribution in [-0.4, -0.2) is 44.3 Å². The maximum Gasteiger partial charge on any atom is 0.325 e. The van der Waals surface area contributed by atoms with Crippen molar-refractivity contribution in [1.29, 1.82) is 0 Å². The molecule has 0 aromatic heterocycles. The normalized spacial score (nSPS) is 20.8. The Hall–Kier alpha value is -2.90. The summed E-state index contributed by atoms with van der Waals surface area (Å²) in [7, 11) is 0. The molecule has 0 aromatic rings. The van der Waals surface area contributed by atoms with Crippen LogP contribution in [-0.2, 0) is 19.2 Å².